The van der Waals surface area contributed by atoms with Gasteiger partial charge in [-0.05, 0) is 62.9 Å². The molecule has 2 heterocycles. The molecule has 31 heavy (non-hydrogen) atoms. The van der Waals surface area contributed by atoms with Crippen LogP contribution < -0.4 is 5.32 Å². The minimum atomic E-state index is -0.287. The van der Waals surface area contributed by atoms with Crippen molar-refractivity contribution in [2.45, 2.75) is 51.1 Å². The van der Waals surface area contributed by atoms with Gasteiger partial charge in [0.1, 0.15) is 0 Å². The van der Waals surface area contributed by atoms with Gasteiger partial charge in [0.05, 0.1) is 28.9 Å². The van der Waals surface area contributed by atoms with Gasteiger partial charge in [-0.15, -0.1) is 0 Å². The molecule has 2 aromatic heterocycles. The molecular weight excluding hydrogens is 386 g/mol. The number of hydrogen-bond acceptors (Lipinski definition) is 3. The molecule has 1 unspecified atom stereocenters. The summed E-state index contributed by atoms with van der Waals surface area (Å²) in [5.74, 6) is 0.351. The minimum Gasteiger partial charge on any atom is -0.345 e. The van der Waals surface area contributed by atoms with Crippen molar-refractivity contribution >= 4 is 16.9 Å². The predicted octanol–water partition coefficient (Wildman–Crippen LogP) is 4.91. The largest absolute Gasteiger partial charge is 0.345 e. The number of hydrogen-bond donors (Lipinski definition) is 2. The lowest BCUT2D eigenvalue weighted by atomic mass is 9.98. The van der Waals surface area contributed by atoms with E-state index in [2.05, 4.69) is 36.1 Å². The molecule has 1 amide bonds. The van der Waals surface area contributed by atoms with Crippen molar-refractivity contribution in [1.29, 1.82) is 0 Å². The molecule has 4 aromatic rings. The molecule has 6 nitrogen and oxygen atoms in total. The van der Waals surface area contributed by atoms with Crippen molar-refractivity contribution in [3.05, 3.63) is 83.4 Å². The summed E-state index contributed by atoms with van der Waals surface area (Å²) in [7, 11) is 0. The quantitative estimate of drug-likeness (QED) is 0.488. The summed E-state index contributed by atoms with van der Waals surface area (Å²) in [6.45, 7) is 6.37. The lowest BCUT2D eigenvalue weighted by molar-refractivity contribution is 0.0936. The van der Waals surface area contributed by atoms with E-state index in [0.717, 1.165) is 27.9 Å². The number of aromatic amines is 1. The number of amides is 1. The molecule has 5 rings (SSSR count). The first-order valence-electron chi connectivity index (χ1n) is 10.8. The summed E-state index contributed by atoms with van der Waals surface area (Å²) in [5, 5.41) is 7.94. The van der Waals surface area contributed by atoms with Gasteiger partial charge in [0.2, 0.25) is 0 Å². The van der Waals surface area contributed by atoms with Gasteiger partial charge in [0.25, 0.3) is 5.91 Å². The fourth-order valence-corrected chi connectivity index (χ4v) is 4.06. The van der Waals surface area contributed by atoms with Crippen LogP contribution in [0.2, 0.25) is 0 Å². The summed E-state index contributed by atoms with van der Waals surface area (Å²) >= 11 is 0. The van der Waals surface area contributed by atoms with E-state index in [9.17, 15) is 4.79 Å². The van der Waals surface area contributed by atoms with Gasteiger partial charge in [-0.1, -0.05) is 36.4 Å². The van der Waals surface area contributed by atoms with E-state index in [1.165, 1.54) is 12.8 Å². The lowest BCUT2D eigenvalue weighted by Crippen LogP contribution is -2.30. The molecule has 1 fully saturated rings. The molecule has 0 saturated heterocycles. The van der Waals surface area contributed by atoms with Gasteiger partial charge in [0, 0.05) is 11.6 Å². The normalized spacial score (nSPS) is 15.2. The van der Waals surface area contributed by atoms with E-state index in [-0.39, 0.29) is 17.5 Å². The minimum absolute atomic E-state index is 0.163. The second-order valence-electron chi connectivity index (χ2n) is 9.31. The Labute approximate surface area is 181 Å². The molecule has 1 aliphatic carbocycles. The molecule has 158 valence electrons. The third kappa shape index (κ3) is 3.85. The van der Waals surface area contributed by atoms with E-state index in [1.54, 1.807) is 6.33 Å². The number of benzene rings is 2. The molecule has 2 aromatic carbocycles. The molecule has 0 spiro atoms. The van der Waals surface area contributed by atoms with Gasteiger partial charge >= 0.3 is 0 Å². The fourth-order valence-electron chi connectivity index (χ4n) is 4.06. The lowest BCUT2D eigenvalue weighted by Gasteiger charge is -2.22. The van der Waals surface area contributed by atoms with Crippen LogP contribution in [0.4, 0.5) is 0 Å². The van der Waals surface area contributed by atoms with Gasteiger partial charge in [0.15, 0.2) is 5.69 Å². The van der Waals surface area contributed by atoms with Gasteiger partial charge in [-0.3, -0.25) is 9.48 Å². The number of rotatable bonds is 5. The average Bonchev–Trinajstić information content (AvgIpc) is 3.31. The summed E-state index contributed by atoms with van der Waals surface area (Å²) in [5.41, 5.74) is 5.33. The van der Waals surface area contributed by atoms with Crippen molar-refractivity contribution in [3.63, 3.8) is 0 Å². The molecule has 0 bridgehead atoms. The Hall–Kier alpha value is -3.41. The first-order chi connectivity index (χ1) is 14.9. The smallest absolute Gasteiger partial charge is 0.272 e. The van der Waals surface area contributed by atoms with Crippen LogP contribution in [0, 0.1) is 0 Å². The maximum absolute atomic E-state index is 13.3. The van der Waals surface area contributed by atoms with E-state index >= 15 is 0 Å². The highest BCUT2D eigenvalue weighted by atomic mass is 16.2. The summed E-state index contributed by atoms with van der Waals surface area (Å²) in [4.78, 5) is 20.8. The topological polar surface area (TPSA) is 75.6 Å². The SMILES string of the molecule is CC(C)(C)n1nc(C(=O)NC(c2ccccc2)c2ccc3nc[nH]c3c2)cc1C1CC1. The zero-order valence-corrected chi connectivity index (χ0v) is 18.1. The number of fused-ring (bicyclic) bond motifs is 1. The van der Waals surface area contributed by atoms with Crippen molar-refractivity contribution in [1.82, 2.24) is 25.1 Å². The van der Waals surface area contributed by atoms with Crippen molar-refractivity contribution in [2.24, 2.45) is 0 Å². The molecule has 1 saturated carbocycles. The highest BCUT2D eigenvalue weighted by Crippen LogP contribution is 2.41. The summed E-state index contributed by atoms with van der Waals surface area (Å²) in [6, 6.07) is 17.7. The highest BCUT2D eigenvalue weighted by molar-refractivity contribution is 5.93. The van der Waals surface area contributed by atoms with Crippen LogP contribution in [0.1, 0.15) is 72.9 Å². The predicted molar refractivity (Wildman–Crippen MR) is 121 cm³/mol. The van der Waals surface area contributed by atoms with Crippen LogP contribution in [0.25, 0.3) is 11.0 Å². The number of carbonyl (C=O) groups excluding carboxylic acids is 1. The van der Waals surface area contributed by atoms with Crippen LogP contribution in [0.15, 0.2) is 60.9 Å². The Morgan fingerprint density at radius 2 is 1.87 bits per heavy atom. The van der Waals surface area contributed by atoms with E-state index in [1.807, 2.05) is 59.3 Å². The third-order valence-corrected chi connectivity index (χ3v) is 5.79. The second kappa shape index (κ2) is 7.38. The van der Waals surface area contributed by atoms with Gasteiger partial charge in [-0.25, -0.2) is 4.98 Å². The standard InChI is InChI=1S/C25H27N5O/c1-25(2,3)30-22(16-9-10-16)14-21(29-30)24(31)28-23(17-7-5-4-6-8-17)18-11-12-19-20(13-18)27-15-26-19/h4-8,11-16,23H,9-10H2,1-3H3,(H,26,27)(H,28,31). The second-order valence-corrected chi connectivity index (χ2v) is 9.31. The third-order valence-electron chi connectivity index (χ3n) is 5.79. The number of H-pyrrole nitrogens is 1. The zero-order chi connectivity index (χ0) is 21.6. The van der Waals surface area contributed by atoms with Crippen LogP contribution in [0.3, 0.4) is 0 Å². The van der Waals surface area contributed by atoms with Crippen molar-refractivity contribution < 1.29 is 4.79 Å². The Morgan fingerprint density at radius 3 is 2.58 bits per heavy atom. The molecule has 1 aliphatic rings. The van der Waals surface area contributed by atoms with Crippen LogP contribution in [0.5, 0.6) is 0 Å². The van der Waals surface area contributed by atoms with Crippen LogP contribution >= 0.6 is 0 Å². The number of imidazole rings is 1. The van der Waals surface area contributed by atoms with Gasteiger partial charge < -0.3 is 10.3 Å². The number of nitrogens with one attached hydrogen (secondary N) is 2. The molecule has 0 aliphatic heterocycles. The first-order valence-corrected chi connectivity index (χ1v) is 10.8. The fraction of sp³-hybridized carbons (Fsp3) is 0.320. The number of nitrogens with zero attached hydrogens (tertiary/aromatic N) is 3. The summed E-state index contributed by atoms with van der Waals surface area (Å²) in [6.07, 6.45) is 4.02. The van der Waals surface area contributed by atoms with Crippen molar-refractivity contribution in [2.75, 3.05) is 0 Å². The molecule has 0 radical (unpaired) electrons. The number of carbonyl (C=O) groups is 1. The van der Waals surface area contributed by atoms with E-state index in [0.29, 0.717) is 11.6 Å². The maximum atomic E-state index is 13.3. The van der Waals surface area contributed by atoms with Crippen LogP contribution in [-0.2, 0) is 5.54 Å². The highest BCUT2D eigenvalue weighted by Gasteiger charge is 2.33. The first kappa shape index (κ1) is 19.5. The van der Waals surface area contributed by atoms with Crippen LogP contribution in [-0.4, -0.2) is 25.7 Å². The molecule has 6 heteroatoms. The van der Waals surface area contributed by atoms with E-state index < -0.39 is 0 Å². The Kier molecular flexibility index (Phi) is 4.65. The maximum Gasteiger partial charge on any atom is 0.272 e. The Balaban J connectivity index is 1.50. The number of aromatic nitrogens is 4. The van der Waals surface area contributed by atoms with Gasteiger partial charge in [-0.2, -0.15) is 5.10 Å². The Bertz CT molecular complexity index is 1230. The molecule has 1 atom stereocenters. The van der Waals surface area contributed by atoms with E-state index in [4.69, 9.17) is 5.10 Å². The Morgan fingerprint density at radius 1 is 1.10 bits per heavy atom. The summed E-state index contributed by atoms with van der Waals surface area (Å²) < 4.78 is 2.02. The zero-order valence-electron chi connectivity index (χ0n) is 18.1. The molecule has 2 N–H and O–H groups in total. The monoisotopic (exact) mass is 413 g/mol. The average molecular weight is 414 g/mol. The molecular formula is C25H27N5O. The van der Waals surface area contributed by atoms with Crippen molar-refractivity contribution in [3.8, 4) is 0 Å².